The van der Waals surface area contributed by atoms with Crippen LogP contribution in [0.3, 0.4) is 0 Å². The third-order valence-electron chi connectivity index (χ3n) is 3.33. The van der Waals surface area contributed by atoms with E-state index < -0.39 is 16.1 Å². The molecule has 0 radical (unpaired) electrons. The molecular weight excluding hydrogens is 394 g/mol. The van der Waals surface area contributed by atoms with Gasteiger partial charge in [-0.2, -0.15) is 9.97 Å². The molecule has 0 aliphatic carbocycles. The number of hydrogen-bond acceptors (Lipinski definition) is 9. The van der Waals surface area contributed by atoms with Crippen LogP contribution in [-0.2, 0) is 10.0 Å². The number of rotatable bonds is 5. The second kappa shape index (κ2) is 7.32. The summed E-state index contributed by atoms with van der Waals surface area (Å²) in [6.45, 7) is 1.77. The first-order valence-corrected chi connectivity index (χ1v) is 9.79. The zero-order chi connectivity index (χ0) is 19.6. The normalized spacial score (nSPS) is 11.2. The fourth-order valence-corrected chi connectivity index (χ4v) is 4.22. The summed E-state index contributed by atoms with van der Waals surface area (Å²) in [5.74, 6) is 0.104. The van der Waals surface area contributed by atoms with Crippen LogP contribution in [0.2, 0.25) is 0 Å². The average molecular weight is 409 g/mol. The lowest BCUT2D eigenvalue weighted by Gasteiger charge is -2.09. The van der Waals surface area contributed by atoms with Crippen LogP contribution >= 0.6 is 11.3 Å². The number of nitrogens with one attached hydrogen (secondary N) is 2. The Bertz CT molecular complexity index is 1090. The monoisotopic (exact) mass is 409 g/mol. The number of nitrogens with zero attached hydrogens (tertiary/aromatic N) is 3. The van der Waals surface area contributed by atoms with Crippen LogP contribution in [0.5, 0.6) is 11.8 Å². The van der Waals surface area contributed by atoms with Crippen molar-refractivity contribution in [3.05, 3.63) is 29.3 Å². The van der Waals surface area contributed by atoms with Crippen molar-refractivity contribution in [2.24, 2.45) is 0 Å². The molecule has 0 saturated heterocycles. The smallest absolute Gasteiger partial charge is 0.335 e. The lowest BCUT2D eigenvalue weighted by Crippen LogP contribution is -2.35. The number of amides is 2. The summed E-state index contributed by atoms with van der Waals surface area (Å²) < 4.78 is 37.8. The molecule has 2 heterocycles. The number of carbonyl (C=O) groups is 1. The number of aryl methyl sites for hydroxylation is 1. The zero-order valence-corrected chi connectivity index (χ0v) is 16.1. The van der Waals surface area contributed by atoms with Gasteiger partial charge in [-0.3, -0.25) is 5.32 Å². The number of ether oxygens (including phenoxy) is 2. The maximum Gasteiger partial charge on any atom is 0.335 e. The van der Waals surface area contributed by atoms with E-state index in [9.17, 15) is 13.2 Å². The van der Waals surface area contributed by atoms with E-state index in [1.807, 2.05) is 4.72 Å². The van der Waals surface area contributed by atoms with Crippen LogP contribution in [0.4, 0.5) is 10.7 Å². The van der Waals surface area contributed by atoms with Gasteiger partial charge in [-0.15, -0.1) is 11.3 Å². The molecule has 0 spiro atoms. The Balaban J connectivity index is 1.84. The third-order valence-corrected chi connectivity index (χ3v) is 5.63. The van der Waals surface area contributed by atoms with Gasteiger partial charge in [-0.25, -0.2) is 22.9 Å². The predicted molar refractivity (Wildman–Crippen MR) is 98.8 cm³/mol. The van der Waals surface area contributed by atoms with Gasteiger partial charge in [0.2, 0.25) is 17.7 Å². The van der Waals surface area contributed by atoms with E-state index in [1.54, 1.807) is 19.1 Å². The number of urea groups is 1. The molecule has 2 N–H and O–H groups in total. The highest BCUT2D eigenvalue weighted by Gasteiger charge is 2.22. The Morgan fingerprint density at radius 2 is 1.78 bits per heavy atom. The number of thiazole rings is 1. The number of aromatic nitrogens is 3. The lowest BCUT2D eigenvalue weighted by molar-refractivity contribution is 0.256. The molecule has 12 heteroatoms. The number of hydrogen-bond donors (Lipinski definition) is 2. The summed E-state index contributed by atoms with van der Waals surface area (Å²) in [5.41, 5.74) is 0.305. The number of carbonyl (C=O) groups excluding carboxylic acids is 1. The number of benzene rings is 1. The van der Waals surface area contributed by atoms with Crippen molar-refractivity contribution in [2.75, 3.05) is 19.5 Å². The molecule has 2 amide bonds. The summed E-state index contributed by atoms with van der Waals surface area (Å²) in [4.78, 5) is 24.1. The molecule has 0 aliphatic rings. The van der Waals surface area contributed by atoms with Crippen LogP contribution < -0.4 is 19.5 Å². The first-order chi connectivity index (χ1) is 12.8. The standard InChI is InChI=1S/C15H15N5O5S2/c1-8-16-13-9(26-8)5-4-6-10(13)27(22,23)20-15(21)19-14-17-11(24-2)7-12(18-14)25-3/h4-7H,1-3H3,(H2,17,18,19,20,21). The number of methoxy groups -OCH3 is 2. The molecule has 3 rings (SSSR count). The second-order valence-corrected chi connectivity index (χ2v) is 8.06. The summed E-state index contributed by atoms with van der Waals surface area (Å²) in [6, 6.07) is 5.10. The van der Waals surface area contributed by atoms with Gasteiger partial charge < -0.3 is 9.47 Å². The lowest BCUT2D eigenvalue weighted by atomic mass is 10.3. The van der Waals surface area contributed by atoms with Gasteiger partial charge in [0.25, 0.3) is 10.0 Å². The fourth-order valence-electron chi connectivity index (χ4n) is 2.22. The van der Waals surface area contributed by atoms with Crippen molar-refractivity contribution in [1.29, 1.82) is 0 Å². The molecule has 0 saturated carbocycles. The van der Waals surface area contributed by atoms with Gasteiger partial charge in [-0.1, -0.05) is 6.07 Å². The quantitative estimate of drug-likeness (QED) is 0.653. The maximum atomic E-state index is 12.6. The number of anilines is 1. The molecule has 3 aromatic rings. The Morgan fingerprint density at radius 1 is 1.11 bits per heavy atom. The number of fused-ring (bicyclic) bond motifs is 1. The van der Waals surface area contributed by atoms with Crippen LogP contribution in [0, 0.1) is 6.92 Å². The molecule has 142 valence electrons. The Hall–Kier alpha value is -2.99. The van der Waals surface area contributed by atoms with Gasteiger partial charge >= 0.3 is 6.03 Å². The summed E-state index contributed by atoms with van der Waals surface area (Å²) >= 11 is 1.36. The molecule has 2 aromatic heterocycles. The molecule has 0 bridgehead atoms. The van der Waals surface area contributed by atoms with Crippen LogP contribution in [-0.4, -0.2) is 43.6 Å². The largest absolute Gasteiger partial charge is 0.481 e. The molecule has 0 unspecified atom stereocenters. The predicted octanol–water partition coefficient (Wildman–Crippen LogP) is 1.92. The van der Waals surface area contributed by atoms with E-state index in [2.05, 4.69) is 20.3 Å². The topological polar surface area (TPSA) is 132 Å². The van der Waals surface area contributed by atoms with Crippen molar-refractivity contribution in [3.8, 4) is 11.8 Å². The minimum absolute atomic E-state index is 0.0939. The SMILES string of the molecule is COc1cc(OC)nc(NC(=O)NS(=O)(=O)c2cccc3sc(C)nc23)n1. The highest BCUT2D eigenvalue weighted by atomic mass is 32.2. The summed E-state index contributed by atoms with van der Waals surface area (Å²) in [7, 11) is -1.40. The Kier molecular flexibility index (Phi) is 5.10. The summed E-state index contributed by atoms with van der Waals surface area (Å²) in [5, 5.41) is 2.96. The van der Waals surface area contributed by atoms with Gasteiger partial charge in [0.1, 0.15) is 10.4 Å². The molecule has 10 nitrogen and oxygen atoms in total. The number of sulfonamides is 1. The second-order valence-electron chi connectivity index (χ2n) is 5.17. The molecule has 0 atom stereocenters. The van der Waals surface area contributed by atoms with Crippen molar-refractivity contribution < 1.29 is 22.7 Å². The van der Waals surface area contributed by atoms with Crippen molar-refractivity contribution in [1.82, 2.24) is 19.7 Å². The van der Waals surface area contributed by atoms with Gasteiger partial charge in [0.05, 0.1) is 30.0 Å². The molecule has 1 aromatic carbocycles. The van der Waals surface area contributed by atoms with Gasteiger partial charge in [0.15, 0.2) is 0 Å². The van der Waals surface area contributed by atoms with Crippen LogP contribution in [0.15, 0.2) is 29.2 Å². The maximum absolute atomic E-state index is 12.6. The van der Waals surface area contributed by atoms with Crippen molar-refractivity contribution in [3.63, 3.8) is 0 Å². The van der Waals surface area contributed by atoms with Gasteiger partial charge in [0, 0.05) is 0 Å². The first kappa shape index (κ1) is 18.8. The zero-order valence-electron chi connectivity index (χ0n) is 14.5. The summed E-state index contributed by atoms with van der Waals surface area (Å²) in [6.07, 6.45) is 0. The molecule has 0 fully saturated rings. The van der Waals surface area contributed by atoms with E-state index in [-0.39, 0.29) is 22.6 Å². The van der Waals surface area contributed by atoms with Crippen LogP contribution in [0.1, 0.15) is 5.01 Å². The highest BCUT2D eigenvalue weighted by molar-refractivity contribution is 7.90. The van der Waals surface area contributed by atoms with Crippen LogP contribution in [0.25, 0.3) is 10.2 Å². The molecule has 0 aliphatic heterocycles. The van der Waals surface area contributed by atoms with E-state index in [4.69, 9.17) is 9.47 Å². The van der Waals surface area contributed by atoms with E-state index in [0.717, 1.165) is 0 Å². The van der Waals surface area contributed by atoms with Crippen molar-refractivity contribution >= 4 is 43.6 Å². The minimum atomic E-state index is -4.16. The average Bonchev–Trinajstić information content (AvgIpc) is 3.00. The Labute approximate surface area is 158 Å². The first-order valence-electron chi connectivity index (χ1n) is 7.49. The van der Waals surface area contributed by atoms with E-state index in [1.165, 1.54) is 37.7 Å². The Morgan fingerprint density at radius 3 is 2.41 bits per heavy atom. The minimum Gasteiger partial charge on any atom is -0.481 e. The van der Waals surface area contributed by atoms with E-state index in [0.29, 0.717) is 15.2 Å². The third kappa shape index (κ3) is 4.06. The van der Waals surface area contributed by atoms with E-state index >= 15 is 0 Å². The highest BCUT2D eigenvalue weighted by Crippen LogP contribution is 2.27. The fraction of sp³-hybridized carbons (Fsp3) is 0.200. The van der Waals surface area contributed by atoms with Gasteiger partial charge in [-0.05, 0) is 19.1 Å². The molecular formula is C15H15N5O5S2. The number of para-hydroxylation sites is 1. The van der Waals surface area contributed by atoms with Crippen molar-refractivity contribution in [2.45, 2.75) is 11.8 Å². The molecule has 27 heavy (non-hydrogen) atoms.